The van der Waals surface area contributed by atoms with E-state index in [1.807, 2.05) is 12.3 Å². The molecular formula is C13H20N2. The predicted octanol–water partition coefficient (Wildman–Crippen LogP) is 3.38. The Bertz CT molecular complexity index is 322. The smallest absolute Gasteiger partial charge is 0.126 e. The highest BCUT2D eigenvalue weighted by Gasteiger charge is 2.18. The largest absolute Gasteiger partial charge is 0.367 e. The molecule has 1 heterocycles. The first-order chi connectivity index (χ1) is 7.24. The normalized spacial score (nSPS) is 26.3. The van der Waals surface area contributed by atoms with Crippen molar-refractivity contribution in [3.05, 3.63) is 23.9 Å². The van der Waals surface area contributed by atoms with Gasteiger partial charge in [0, 0.05) is 12.2 Å². The second-order valence-electron chi connectivity index (χ2n) is 4.83. The molecule has 1 aliphatic rings. The van der Waals surface area contributed by atoms with Crippen LogP contribution in [0.25, 0.3) is 0 Å². The molecule has 0 aliphatic heterocycles. The zero-order valence-corrected chi connectivity index (χ0v) is 9.66. The average Bonchev–Trinajstić information content (AvgIpc) is 2.17. The summed E-state index contributed by atoms with van der Waals surface area (Å²) in [7, 11) is 0. The predicted molar refractivity (Wildman–Crippen MR) is 64.0 cm³/mol. The number of nitrogens with one attached hydrogen (secondary N) is 1. The summed E-state index contributed by atoms with van der Waals surface area (Å²) in [6, 6.07) is 4.79. The SMILES string of the molecule is Cc1ccnc(NC2CCCC(C)C2)c1. The number of hydrogen-bond acceptors (Lipinski definition) is 2. The van der Waals surface area contributed by atoms with Crippen molar-refractivity contribution in [2.24, 2.45) is 5.92 Å². The lowest BCUT2D eigenvalue weighted by atomic mass is 9.87. The molecule has 1 saturated carbocycles. The molecular weight excluding hydrogens is 184 g/mol. The molecule has 1 aromatic heterocycles. The molecule has 0 aromatic carbocycles. The van der Waals surface area contributed by atoms with Gasteiger partial charge in [0.15, 0.2) is 0 Å². The van der Waals surface area contributed by atoms with Crippen molar-refractivity contribution in [3.63, 3.8) is 0 Å². The Hall–Kier alpha value is -1.05. The monoisotopic (exact) mass is 204 g/mol. The van der Waals surface area contributed by atoms with Gasteiger partial charge in [-0.15, -0.1) is 0 Å². The van der Waals surface area contributed by atoms with Crippen molar-refractivity contribution in [2.75, 3.05) is 5.32 Å². The molecule has 0 radical (unpaired) electrons. The summed E-state index contributed by atoms with van der Waals surface area (Å²) in [6.45, 7) is 4.45. The van der Waals surface area contributed by atoms with Crippen LogP contribution in [-0.4, -0.2) is 11.0 Å². The lowest BCUT2D eigenvalue weighted by molar-refractivity contribution is 0.358. The quantitative estimate of drug-likeness (QED) is 0.798. The first kappa shape index (κ1) is 10.5. The minimum absolute atomic E-state index is 0.628. The van der Waals surface area contributed by atoms with Gasteiger partial charge >= 0.3 is 0 Å². The van der Waals surface area contributed by atoms with Crippen LogP contribution < -0.4 is 5.32 Å². The van der Waals surface area contributed by atoms with Crippen LogP contribution in [0, 0.1) is 12.8 Å². The fraction of sp³-hybridized carbons (Fsp3) is 0.615. The van der Waals surface area contributed by atoms with Crippen LogP contribution in [0.15, 0.2) is 18.3 Å². The van der Waals surface area contributed by atoms with Crippen LogP contribution >= 0.6 is 0 Å². The highest BCUT2D eigenvalue weighted by atomic mass is 15.0. The van der Waals surface area contributed by atoms with Crippen LogP contribution in [0.3, 0.4) is 0 Å². The van der Waals surface area contributed by atoms with Gasteiger partial charge < -0.3 is 5.32 Å². The van der Waals surface area contributed by atoms with Crippen molar-refractivity contribution in [1.82, 2.24) is 4.98 Å². The van der Waals surface area contributed by atoms with E-state index in [1.165, 1.54) is 31.2 Å². The summed E-state index contributed by atoms with van der Waals surface area (Å²) in [5.74, 6) is 1.90. The van der Waals surface area contributed by atoms with E-state index < -0.39 is 0 Å². The summed E-state index contributed by atoms with van der Waals surface area (Å²) in [5, 5.41) is 3.54. The Morgan fingerprint density at radius 3 is 3.00 bits per heavy atom. The maximum atomic E-state index is 4.35. The fourth-order valence-electron chi connectivity index (χ4n) is 2.39. The Kier molecular flexibility index (Phi) is 3.24. The van der Waals surface area contributed by atoms with Gasteiger partial charge in [-0.3, -0.25) is 0 Å². The third kappa shape index (κ3) is 2.95. The molecule has 2 rings (SSSR count). The molecule has 1 aliphatic carbocycles. The van der Waals surface area contributed by atoms with E-state index in [1.54, 1.807) is 0 Å². The van der Waals surface area contributed by atoms with Gasteiger partial charge in [0.2, 0.25) is 0 Å². The van der Waals surface area contributed by atoms with Gasteiger partial charge in [-0.2, -0.15) is 0 Å². The van der Waals surface area contributed by atoms with Gasteiger partial charge in [-0.1, -0.05) is 19.8 Å². The molecule has 2 unspecified atom stereocenters. The topological polar surface area (TPSA) is 24.9 Å². The summed E-state index contributed by atoms with van der Waals surface area (Å²) < 4.78 is 0. The van der Waals surface area contributed by atoms with Crippen LogP contribution in [0.2, 0.25) is 0 Å². The minimum atomic E-state index is 0.628. The van der Waals surface area contributed by atoms with Crippen molar-refractivity contribution >= 4 is 5.82 Å². The van der Waals surface area contributed by atoms with Crippen molar-refractivity contribution in [3.8, 4) is 0 Å². The molecule has 2 nitrogen and oxygen atoms in total. The van der Waals surface area contributed by atoms with Crippen molar-refractivity contribution < 1.29 is 0 Å². The van der Waals surface area contributed by atoms with E-state index in [-0.39, 0.29) is 0 Å². The third-order valence-corrected chi connectivity index (χ3v) is 3.20. The maximum absolute atomic E-state index is 4.35. The summed E-state index contributed by atoms with van der Waals surface area (Å²) in [4.78, 5) is 4.35. The van der Waals surface area contributed by atoms with E-state index in [9.17, 15) is 0 Å². The molecule has 1 fully saturated rings. The number of aromatic nitrogens is 1. The lowest BCUT2D eigenvalue weighted by Crippen LogP contribution is -2.26. The van der Waals surface area contributed by atoms with Gasteiger partial charge in [0.05, 0.1) is 0 Å². The van der Waals surface area contributed by atoms with Crippen molar-refractivity contribution in [1.29, 1.82) is 0 Å². The molecule has 0 bridgehead atoms. The molecule has 0 amide bonds. The summed E-state index contributed by atoms with van der Waals surface area (Å²) >= 11 is 0. The fourth-order valence-corrected chi connectivity index (χ4v) is 2.39. The summed E-state index contributed by atoms with van der Waals surface area (Å²) in [5.41, 5.74) is 1.27. The molecule has 2 heteroatoms. The minimum Gasteiger partial charge on any atom is -0.367 e. The second-order valence-corrected chi connectivity index (χ2v) is 4.83. The maximum Gasteiger partial charge on any atom is 0.126 e. The van der Waals surface area contributed by atoms with E-state index in [2.05, 4.69) is 30.2 Å². The third-order valence-electron chi connectivity index (χ3n) is 3.20. The van der Waals surface area contributed by atoms with Crippen molar-refractivity contribution in [2.45, 2.75) is 45.6 Å². The zero-order chi connectivity index (χ0) is 10.7. The standard InChI is InChI=1S/C13H20N2/c1-10-4-3-5-12(8-10)15-13-9-11(2)6-7-14-13/h6-7,9-10,12H,3-5,8H2,1-2H3,(H,14,15). The number of aryl methyl sites for hydroxylation is 1. The number of pyridine rings is 1. The van der Waals surface area contributed by atoms with Crippen LogP contribution in [0.1, 0.15) is 38.2 Å². The number of hydrogen-bond donors (Lipinski definition) is 1. The zero-order valence-electron chi connectivity index (χ0n) is 9.66. The molecule has 0 spiro atoms. The molecule has 82 valence electrons. The van der Waals surface area contributed by atoms with E-state index >= 15 is 0 Å². The van der Waals surface area contributed by atoms with Gasteiger partial charge in [-0.05, 0) is 43.4 Å². The number of rotatable bonds is 2. The van der Waals surface area contributed by atoms with Gasteiger partial charge in [-0.25, -0.2) is 4.98 Å². The Labute approximate surface area is 92.1 Å². The summed E-state index contributed by atoms with van der Waals surface area (Å²) in [6.07, 6.45) is 7.20. The highest BCUT2D eigenvalue weighted by molar-refractivity contribution is 5.38. The molecule has 1 aromatic rings. The lowest BCUT2D eigenvalue weighted by Gasteiger charge is -2.27. The Morgan fingerprint density at radius 2 is 2.27 bits per heavy atom. The molecule has 1 N–H and O–H groups in total. The van der Waals surface area contributed by atoms with Gasteiger partial charge in [0.1, 0.15) is 5.82 Å². The first-order valence-electron chi connectivity index (χ1n) is 5.93. The van der Waals surface area contributed by atoms with Gasteiger partial charge in [0.25, 0.3) is 0 Å². The van der Waals surface area contributed by atoms with E-state index in [0.29, 0.717) is 6.04 Å². The Balaban J connectivity index is 1.96. The van der Waals surface area contributed by atoms with Crippen LogP contribution in [-0.2, 0) is 0 Å². The second kappa shape index (κ2) is 4.65. The highest BCUT2D eigenvalue weighted by Crippen LogP contribution is 2.25. The molecule has 2 atom stereocenters. The number of anilines is 1. The van der Waals surface area contributed by atoms with Crippen LogP contribution in [0.5, 0.6) is 0 Å². The van der Waals surface area contributed by atoms with E-state index in [4.69, 9.17) is 0 Å². The average molecular weight is 204 g/mol. The first-order valence-corrected chi connectivity index (χ1v) is 5.93. The number of nitrogens with zero attached hydrogens (tertiary/aromatic N) is 1. The molecule has 0 saturated heterocycles. The van der Waals surface area contributed by atoms with Crippen LogP contribution in [0.4, 0.5) is 5.82 Å². The van der Waals surface area contributed by atoms with E-state index in [0.717, 1.165) is 11.7 Å². The molecule has 15 heavy (non-hydrogen) atoms. The Morgan fingerprint density at radius 1 is 1.40 bits per heavy atom.